The van der Waals surface area contributed by atoms with Crippen LogP contribution in [0.5, 0.6) is 0 Å². The van der Waals surface area contributed by atoms with Crippen molar-refractivity contribution in [3.05, 3.63) is 22.8 Å². The largest absolute Gasteiger partial charge is 0.239 e. The summed E-state index contributed by atoms with van der Waals surface area (Å²) in [4.78, 5) is 8.55. The molecule has 1 atom stereocenters. The summed E-state index contributed by atoms with van der Waals surface area (Å²) in [6, 6.07) is 0. The van der Waals surface area contributed by atoms with Gasteiger partial charge in [0.25, 0.3) is 0 Å². The number of aromatic nitrogens is 2. The van der Waals surface area contributed by atoms with E-state index in [1.54, 1.807) is 6.92 Å². The van der Waals surface area contributed by atoms with Gasteiger partial charge in [-0.15, -0.1) is 0 Å². The van der Waals surface area contributed by atoms with Gasteiger partial charge in [-0.3, -0.25) is 0 Å². The van der Waals surface area contributed by atoms with Crippen molar-refractivity contribution in [1.82, 2.24) is 9.97 Å². The Morgan fingerprint density at radius 2 is 1.81 bits per heavy atom. The maximum absolute atomic E-state index is 14.2. The van der Waals surface area contributed by atoms with Gasteiger partial charge in [-0.05, 0) is 40.0 Å². The van der Waals surface area contributed by atoms with Gasteiger partial charge in [0, 0.05) is 11.3 Å². The third kappa shape index (κ3) is 2.39. The molecule has 16 heavy (non-hydrogen) atoms. The lowest BCUT2D eigenvalue weighted by molar-refractivity contribution is 0.158. The molecule has 3 heteroatoms. The molecular weight excluding hydrogens is 203 g/mol. The van der Waals surface area contributed by atoms with E-state index in [1.165, 1.54) is 0 Å². The fraction of sp³-hybridized carbons (Fsp3) is 0.692. The van der Waals surface area contributed by atoms with E-state index in [1.807, 2.05) is 27.7 Å². The first-order valence-corrected chi connectivity index (χ1v) is 6.04. The first kappa shape index (κ1) is 13.1. The lowest BCUT2D eigenvalue weighted by Gasteiger charge is -2.29. The molecule has 0 radical (unpaired) electrons. The summed E-state index contributed by atoms with van der Waals surface area (Å²) in [6.07, 6.45) is 2.36. The van der Waals surface area contributed by atoms with Gasteiger partial charge >= 0.3 is 0 Å². The van der Waals surface area contributed by atoms with Crippen molar-refractivity contribution in [2.24, 2.45) is 0 Å². The summed E-state index contributed by atoms with van der Waals surface area (Å²) in [5, 5.41) is 0. The average molecular weight is 224 g/mol. The van der Waals surface area contributed by atoms with E-state index in [0.717, 1.165) is 35.6 Å². The Morgan fingerprint density at radius 1 is 1.19 bits per heavy atom. The van der Waals surface area contributed by atoms with Gasteiger partial charge in [0.15, 0.2) is 0 Å². The number of halogens is 1. The number of fused-ring (bicyclic) bond motifs is 1. The molecule has 1 aliphatic rings. The molecule has 0 spiro atoms. The van der Waals surface area contributed by atoms with Crippen LogP contribution in [0.4, 0.5) is 4.39 Å². The summed E-state index contributed by atoms with van der Waals surface area (Å²) in [7, 11) is 0. The minimum Gasteiger partial charge on any atom is -0.239 e. The van der Waals surface area contributed by atoms with E-state index in [2.05, 4.69) is 9.97 Å². The van der Waals surface area contributed by atoms with Crippen LogP contribution in [0.3, 0.4) is 0 Å². The molecular formula is C13H21FN2. The number of rotatable bonds is 0. The van der Waals surface area contributed by atoms with Crippen LogP contribution in [0, 0.1) is 13.8 Å². The van der Waals surface area contributed by atoms with Gasteiger partial charge in [0.1, 0.15) is 11.5 Å². The van der Waals surface area contributed by atoms with E-state index in [9.17, 15) is 4.39 Å². The van der Waals surface area contributed by atoms with Gasteiger partial charge in [-0.2, -0.15) is 0 Å². The van der Waals surface area contributed by atoms with Crippen LogP contribution in [0.1, 0.15) is 56.4 Å². The van der Waals surface area contributed by atoms with Crippen molar-refractivity contribution < 1.29 is 4.39 Å². The molecule has 1 aliphatic carbocycles. The SMILES string of the molecule is CC.Cc1nc(C)c2c(n1)CCCC2(C)F. The topological polar surface area (TPSA) is 25.8 Å². The Balaban J connectivity index is 0.000000606. The molecule has 0 saturated heterocycles. The van der Waals surface area contributed by atoms with Crippen molar-refractivity contribution >= 4 is 0 Å². The predicted octanol–water partition coefficient (Wildman–Crippen LogP) is 3.64. The second kappa shape index (κ2) is 4.89. The quantitative estimate of drug-likeness (QED) is 0.672. The fourth-order valence-corrected chi connectivity index (χ4v) is 2.36. The summed E-state index contributed by atoms with van der Waals surface area (Å²) >= 11 is 0. The summed E-state index contributed by atoms with van der Waals surface area (Å²) in [6.45, 7) is 9.37. The highest BCUT2D eigenvalue weighted by molar-refractivity contribution is 5.33. The standard InChI is InChI=1S/C11H15FN2.C2H6/c1-7-10-9(14-8(2)13-7)5-4-6-11(10,3)12;1-2/h4-6H2,1-3H3;1-2H3. The van der Waals surface area contributed by atoms with Gasteiger partial charge in [0.05, 0.1) is 5.69 Å². The van der Waals surface area contributed by atoms with Gasteiger partial charge in [-0.1, -0.05) is 13.8 Å². The van der Waals surface area contributed by atoms with Crippen LogP contribution in [-0.4, -0.2) is 9.97 Å². The van der Waals surface area contributed by atoms with Crippen molar-refractivity contribution in [1.29, 1.82) is 0 Å². The minimum absolute atomic E-state index is 0.591. The summed E-state index contributed by atoms with van der Waals surface area (Å²) < 4.78 is 14.2. The van der Waals surface area contributed by atoms with Gasteiger partial charge in [-0.25, -0.2) is 14.4 Å². The van der Waals surface area contributed by atoms with Gasteiger partial charge < -0.3 is 0 Å². The molecule has 90 valence electrons. The van der Waals surface area contributed by atoms with Crippen molar-refractivity contribution in [3.8, 4) is 0 Å². The summed E-state index contributed by atoms with van der Waals surface area (Å²) in [5.41, 5.74) is 1.21. The first-order chi connectivity index (χ1) is 7.50. The van der Waals surface area contributed by atoms with E-state index >= 15 is 0 Å². The molecule has 0 amide bonds. The minimum atomic E-state index is -1.23. The molecule has 0 bridgehead atoms. The highest BCUT2D eigenvalue weighted by atomic mass is 19.1. The van der Waals surface area contributed by atoms with Crippen LogP contribution in [0.25, 0.3) is 0 Å². The molecule has 0 fully saturated rings. The molecule has 0 saturated carbocycles. The monoisotopic (exact) mass is 224 g/mol. The third-order valence-electron chi connectivity index (χ3n) is 2.86. The number of hydrogen-bond acceptors (Lipinski definition) is 2. The smallest absolute Gasteiger partial charge is 0.136 e. The van der Waals surface area contributed by atoms with Crippen LogP contribution in [-0.2, 0) is 12.1 Å². The highest BCUT2D eigenvalue weighted by Crippen LogP contribution is 2.38. The zero-order valence-electron chi connectivity index (χ0n) is 10.9. The number of alkyl halides is 1. The molecule has 1 aromatic rings. The van der Waals surface area contributed by atoms with E-state index in [4.69, 9.17) is 0 Å². The maximum Gasteiger partial charge on any atom is 0.136 e. The van der Waals surface area contributed by atoms with Crippen LogP contribution < -0.4 is 0 Å². The summed E-state index contributed by atoms with van der Waals surface area (Å²) in [5.74, 6) is 0.749. The normalized spacial score (nSPS) is 23.1. The van der Waals surface area contributed by atoms with E-state index < -0.39 is 5.67 Å². The lowest BCUT2D eigenvalue weighted by atomic mass is 9.83. The zero-order chi connectivity index (χ0) is 12.3. The third-order valence-corrected chi connectivity index (χ3v) is 2.86. The average Bonchev–Trinajstić information content (AvgIpc) is 2.18. The number of aryl methyl sites for hydroxylation is 3. The van der Waals surface area contributed by atoms with Crippen LogP contribution in [0.2, 0.25) is 0 Å². The van der Waals surface area contributed by atoms with Gasteiger partial charge in [0.2, 0.25) is 0 Å². The molecule has 1 unspecified atom stereocenters. The van der Waals surface area contributed by atoms with Crippen molar-refractivity contribution in [2.45, 2.75) is 59.5 Å². The highest BCUT2D eigenvalue weighted by Gasteiger charge is 2.34. The Labute approximate surface area is 97.3 Å². The molecule has 2 nitrogen and oxygen atoms in total. The fourth-order valence-electron chi connectivity index (χ4n) is 2.36. The Kier molecular flexibility index (Phi) is 4.00. The molecule has 0 aliphatic heterocycles. The Bertz CT molecular complexity index is 372. The van der Waals surface area contributed by atoms with Crippen LogP contribution >= 0.6 is 0 Å². The van der Waals surface area contributed by atoms with E-state index in [0.29, 0.717) is 6.42 Å². The molecule has 0 N–H and O–H groups in total. The predicted molar refractivity (Wildman–Crippen MR) is 64.3 cm³/mol. The van der Waals surface area contributed by atoms with Crippen molar-refractivity contribution in [2.75, 3.05) is 0 Å². The number of nitrogens with zero attached hydrogens (tertiary/aromatic N) is 2. The second-order valence-electron chi connectivity index (χ2n) is 4.23. The Morgan fingerprint density at radius 3 is 2.44 bits per heavy atom. The molecule has 0 aromatic carbocycles. The lowest BCUT2D eigenvalue weighted by Crippen LogP contribution is -2.25. The Hall–Kier alpha value is -0.990. The number of hydrogen-bond donors (Lipinski definition) is 0. The first-order valence-electron chi connectivity index (χ1n) is 6.04. The zero-order valence-corrected chi connectivity index (χ0v) is 10.9. The maximum atomic E-state index is 14.2. The van der Waals surface area contributed by atoms with Crippen LogP contribution in [0.15, 0.2) is 0 Å². The second-order valence-corrected chi connectivity index (χ2v) is 4.23. The molecule has 1 heterocycles. The molecule has 2 rings (SSSR count). The molecule has 1 aromatic heterocycles. The van der Waals surface area contributed by atoms with E-state index in [-0.39, 0.29) is 0 Å². The van der Waals surface area contributed by atoms with Crippen molar-refractivity contribution in [3.63, 3.8) is 0 Å².